The van der Waals surface area contributed by atoms with E-state index in [1.54, 1.807) is 6.20 Å². The van der Waals surface area contributed by atoms with Crippen LogP contribution in [0.5, 0.6) is 0 Å². The number of anilines is 1. The highest BCUT2D eigenvalue weighted by Gasteiger charge is 2.49. The van der Waals surface area contributed by atoms with Gasteiger partial charge in [-0.05, 0) is 43.1 Å². The van der Waals surface area contributed by atoms with E-state index in [1.165, 1.54) is 4.68 Å². The van der Waals surface area contributed by atoms with Crippen molar-refractivity contribution < 1.29 is 4.74 Å². The van der Waals surface area contributed by atoms with Crippen LogP contribution in [0.1, 0.15) is 47.1 Å². The Morgan fingerprint density at radius 2 is 2.24 bits per heavy atom. The molecule has 0 spiro atoms. The molecule has 1 aromatic rings. The number of ether oxygens (including phenoxy) is 1. The standard InChI is InChI=1S/C15H24BrN3O2/c1-6-21-12-7-11(15(12,4)5)18-10-8-17-19(9(2)3)14(20)13(10)16/h8-9,11-12,18H,6-7H2,1-5H3. The summed E-state index contributed by atoms with van der Waals surface area (Å²) in [6, 6.07) is 0.326. The van der Waals surface area contributed by atoms with Gasteiger partial charge in [-0.1, -0.05) is 13.8 Å². The molecule has 1 fully saturated rings. The Bertz CT molecular complexity index is 569. The van der Waals surface area contributed by atoms with Crippen molar-refractivity contribution in [3.63, 3.8) is 0 Å². The molecular weight excluding hydrogens is 334 g/mol. The van der Waals surface area contributed by atoms with Crippen LogP contribution in [0.25, 0.3) is 0 Å². The molecule has 2 rings (SSSR count). The van der Waals surface area contributed by atoms with Crippen LogP contribution >= 0.6 is 15.9 Å². The van der Waals surface area contributed by atoms with Crippen molar-refractivity contribution in [2.24, 2.45) is 5.41 Å². The van der Waals surface area contributed by atoms with Gasteiger partial charge in [0.25, 0.3) is 5.56 Å². The van der Waals surface area contributed by atoms with Crippen molar-refractivity contribution in [1.82, 2.24) is 9.78 Å². The van der Waals surface area contributed by atoms with Crippen LogP contribution in [0.15, 0.2) is 15.5 Å². The number of nitrogens with one attached hydrogen (secondary N) is 1. The zero-order chi connectivity index (χ0) is 15.8. The summed E-state index contributed by atoms with van der Waals surface area (Å²) >= 11 is 3.40. The smallest absolute Gasteiger partial charge is 0.283 e. The SMILES string of the molecule is CCOC1CC(Nc2cnn(C(C)C)c(=O)c2Br)C1(C)C. The Kier molecular flexibility index (Phi) is 4.78. The molecule has 2 unspecified atom stereocenters. The summed E-state index contributed by atoms with van der Waals surface area (Å²) < 4.78 is 7.75. The van der Waals surface area contributed by atoms with E-state index in [0.29, 0.717) is 4.47 Å². The molecule has 1 N–H and O–H groups in total. The third-order valence-electron chi connectivity index (χ3n) is 4.31. The molecular formula is C15H24BrN3O2. The normalized spacial score (nSPS) is 24.0. The fourth-order valence-corrected chi connectivity index (χ4v) is 3.11. The number of hydrogen-bond donors (Lipinski definition) is 1. The summed E-state index contributed by atoms with van der Waals surface area (Å²) in [6.45, 7) is 11.0. The third kappa shape index (κ3) is 3.01. The molecule has 6 heteroatoms. The number of rotatable bonds is 5. The molecule has 0 bridgehead atoms. The van der Waals surface area contributed by atoms with Gasteiger partial charge >= 0.3 is 0 Å². The predicted octanol–water partition coefficient (Wildman–Crippen LogP) is 3.20. The second kappa shape index (κ2) is 6.08. The fourth-order valence-electron chi connectivity index (χ4n) is 2.72. The number of halogens is 1. The second-order valence-electron chi connectivity index (χ2n) is 6.41. The maximum atomic E-state index is 12.2. The van der Waals surface area contributed by atoms with Gasteiger partial charge in [-0.2, -0.15) is 5.10 Å². The van der Waals surface area contributed by atoms with Gasteiger partial charge in [0.1, 0.15) is 4.47 Å². The highest BCUT2D eigenvalue weighted by molar-refractivity contribution is 9.10. The van der Waals surface area contributed by atoms with Gasteiger partial charge in [-0.15, -0.1) is 0 Å². The van der Waals surface area contributed by atoms with Crippen LogP contribution in [-0.4, -0.2) is 28.5 Å². The zero-order valence-electron chi connectivity index (χ0n) is 13.3. The van der Waals surface area contributed by atoms with Crippen LogP contribution in [0.3, 0.4) is 0 Å². The van der Waals surface area contributed by atoms with Crippen LogP contribution in [-0.2, 0) is 4.74 Å². The topological polar surface area (TPSA) is 56.1 Å². The Morgan fingerprint density at radius 1 is 1.57 bits per heavy atom. The number of aromatic nitrogens is 2. The lowest BCUT2D eigenvalue weighted by molar-refractivity contribution is -0.0976. The first-order chi connectivity index (χ1) is 9.78. The molecule has 0 saturated heterocycles. The Labute approximate surface area is 134 Å². The Hall–Kier alpha value is -0.880. The Morgan fingerprint density at radius 3 is 2.76 bits per heavy atom. The van der Waals surface area contributed by atoms with Crippen LogP contribution < -0.4 is 10.9 Å². The third-order valence-corrected chi connectivity index (χ3v) is 5.07. The molecule has 0 amide bonds. The number of nitrogens with zero attached hydrogens (tertiary/aromatic N) is 2. The summed E-state index contributed by atoms with van der Waals surface area (Å²) in [6.07, 6.45) is 2.93. The molecule has 2 atom stereocenters. The summed E-state index contributed by atoms with van der Waals surface area (Å²) in [4.78, 5) is 12.2. The van der Waals surface area contributed by atoms with Crippen molar-refractivity contribution in [3.05, 3.63) is 21.0 Å². The first-order valence-electron chi connectivity index (χ1n) is 7.44. The van der Waals surface area contributed by atoms with Gasteiger partial charge in [0, 0.05) is 18.1 Å². The molecule has 1 aliphatic carbocycles. The highest BCUT2D eigenvalue weighted by atomic mass is 79.9. The molecule has 1 heterocycles. The van der Waals surface area contributed by atoms with E-state index in [2.05, 4.69) is 40.2 Å². The average molecular weight is 358 g/mol. The average Bonchev–Trinajstić information content (AvgIpc) is 2.42. The monoisotopic (exact) mass is 357 g/mol. The highest BCUT2D eigenvalue weighted by Crippen LogP contribution is 2.44. The zero-order valence-corrected chi connectivity index (χ0v) is 14.9. The first kappa shape index (κ1) is 16.5. The summed E-state index contributed by atoms with van der Waals surface area (Å²) in [5.74, 6) is 0. The minimum Gasteiger partial charge on any atom is -0.379 e. The van der Waals surface area contributed by atoms with E-state index < -0.39 is 0 Å². The van der Waals surface area contributed by atoms with Crippen molar-refractivity contribution in [2.45, 2.75) is 59.2 Å². The Balaban J connectivity index is 2.15. The van der Waals surface area contributed by atoms with E-state index in [9.17, 15) is 4.79 Å². The van der Waals surface area contributed by atoms with E-state index in [4.69, 9.17) is 4.74 Å². The minimum atomic E-state index is -0.103. The summed E-state index contributed by atoms with van der Waals surface area (Å²) in [7, 11) is 0. The molecule has 0 aromatic carbocycles. The van der Waals surface area contributed by atoms with Crippen molar-refractivity contribution in [2.75, 3.05) is 11.9 Å². The van der Waals surface area contributed by atoms with E-state index in [1.807, 2.05) is 20.8 Å². The van der Waals surface area contributed by atoms with Gasteiger partial charge in [0.15, 0.2) is 0 Å². The van der Waals surface area contributed by atoms with Crippen LogP contribution in [0.4, 0.5) is 5.69 Å². The van der Waals surface area contributed by atoms with E-state index in [-0.39, 0.29) is 29.2 Å². The first-order valence-corrected chi connectivity index (χ1v) is 8.23. The van der Waals surface area contributed by atoms with Crippen LogP contribution in [0, 0.1) is 5.41 Å². The molecule has 118 valence electrons. The van der Waals surface area contributed by atoms with Crippen LogP contribution in [0.2, 0.25) is 0 Å². The van der Waals surface area contributed by atoms with Crippen molar-refractivity contribution >= 4 is 21.6 Å². The molecule has 5 nitrogen and oxygen atoms in total. The lowest BCUT2D eigenvalue weighted by atomic mass is 9.64. The fraction of sp³-hybridized carbons (Fsp3) is 0.733. The molecule has 1 aliphatic rings. The van der Waals surface area contributed by atoms with Gasteiger partial charge in [0.05, 0.1) is 24.0 Å². The number of hydrogen-bond acceptors (Lipinski definition) is 4. The van der Waals surface area contributed by atoms with Gasteiger partial charge < -0.3 is 10.1 Å². The maximum absolute atomic E-state index is 12.2. The molecule has 0 radical (unpaired) electrons. The quantitative estimate of drug-likeness (QED) is 0.878. The summed E-state index contributed by atoms with van der Waals surface area (Å²) in [5, 5.41) is 7.66. The van der Waals surface area contributed by atoms with Gasteiger partial charge in [-0.25, -0.2) is 4.68 Å². The predicted molar refractivity (Wildman–Crippen MR) is 87.8 cm³/mol. The van der Waals surface area contributed by atoms with Crippen molar-refractivity contribution in [3.8, 4) is 0 Å². The minimum absolute atomic E-state index is 0.0440. The summed E-state index contributed by atoms with van der Waals surface area (Å²) in [5.41, 5.74) is 0.695. The molecule has 1 saturated carbocycles. The van der Waals surface area contributed by atoms with Crippen molar-refractivity contribution in [1.29, 1.82) is 0 Å². The largest absolute Gasteiger partial charge is 0.379 e. The van der Waals surface area contributed by atoms with E-state index in [0.717, 1.165) is 18.7 Å². The van der Waals surface area contributed by atoms with E-state index >= 15 is 0 Å². The maximum Gasteiger partial charge on any atom is 0.283 e. The lowest BCUT2D eigenvalue weighted by Gasteiger charge is -2.52. The molecule has 1 aromatic heterocycles. The molecule has 0 aliphatic heterocycles. The lowest BCUT2D eigenvalue weighted by Crippen LogP contribution is -2.58. The van der Waals surface area contributed by atoms with Gasteiger partial charge in [0.2, 0.25) is 0 Å². The molecule has 21 heavy (non-hydrogen) atoms. The van der Waals surface area contributed by atoms with Gasteiger partial charge in [-0.3, -0.25) is 4.79 Å². The second-order valence-corrected chi connectivity index (χ2v) is 7.21.